The normalized spacial score (nSPS) is 16.9. The first-order valence-electron chi connectivity index (χ1n) is 10.7. The Morgan fingerprint density at radius 3 is 2.06 bits per heavy atom. The molecule has 4 rings (SSSR count). The summed E-state index contributed by atoms with van der Waals surface area (Å²) in [5.41, 5.74) is 2.13. The van der Waals surface area contributed by atoms with Crippen LogP contribution >= 0.6 is 11.6 Å². The summed E-state index contributed by atoms with van der Waals surface area (Å²) in [6.07, 6.45) is 0. The number of hydrogen-bond acceptors (Lipinski definition) is 6. The fraction of sp³-hybridized carbons (Fsp3) is 0.185. The maximum Gasteiger partial charge on any atom is 0.300 e. The van der Waals surface area contributed by atoms with Gasteiger partial charge in [0.05, 0.1) is 32.9 Å². The zero-order chi connectivity index (χ0) is 25.3. The number of benzene rings is 3. The maximum absolute atomic E-state index is 13.4. The summed E-state index contributed by atoms with van der Waals surface area (Å²) in [6.45, 7) is 1.85. The summed E-state index contributed by atoms with van der Waals surface area (Å²) < 4.78 is 16.4. The van der Waals surface area contributed by atoms with Gasteiger partial charge in [0.15, 0.2) is 11.5 Å². The van der Waals surface area contributed by atoms with Crippen LogP contribution in [0.4, 0.5) is 5.69 Å². The number of carbonyl (C=O) groups excluding carboxylic acids is 2. The SMILES string of the molecule is COc1cc(C2/C(=C(\O)c3ccc(Cl)cc3)C(=O)C(=O)N2c2ccccc2C)cc(OC)c1OC. The number of aliphatic hydroxyl groups excluding tert-OH is 1. The van der Waals surface area contributed by atoms with Crippen molar-refractivity contribution in [2.75, 3.05) is 26.2 Å². The molecule has 1 fully saturated rings. The lowest BCUT2D eigenvalue weighted by Gasteiger charge is -2.27. The minimum atomic E-state index is -0.958. The molecule has 0 aliphatic carbocycles. The Kier molecular flexibility index (Phi) is 6.71. The number of amides is 1. The molecule has 0 aromatic heterocycles. The van der Waals surface area contributed by atoms with Gasteiger partial charge in [0, 0.05) is 16.3 Å². The molecule has 1 amide bonds. The highest BCUT2D eigenvalue weighted by Crippen LogP contribution is 2.47. The van der Waals surface area contributed by atoms with E-state index in [1.807, 2.05) is 19.1 Å². The van der Waals surface area contributed by atoms with Crippen LogP contribution in [0.25, 0.3) is 5.76 Å². The van der Waals surface area contributed by atoms with E-state index in [1.165, 1.54) is 26.2 Å². The van der Waals surface area contributed by atoms with E-state index in [1.54, 1.807) is 48.5 Å². The van der Waals surface area contributed by atoms with Crippen LogP contribution in [0.3, 0.4) is 0 Å². The number of para-hydroxylation sites is 1. The number of ketones is 1. The number of methoxy groups -OCH3 is 3. The van der Waals surface area contributed by atoms with Crippen molar-refractivity contribution >= 4 is 34.7 Å². The molecule has 3 aromatic carbocycles. The minimum Gasteiger partial charge on any atom is -0.507 e. The summed E-state index contributed by atoms with van der Waals surface area (Å²) in [7, 11) is 4.44. The van der Waals surface area contributed by atoms with E-state index >= 15 is 0 Å². The van der Waals surface area contributed by atoms with Crippen molar-refractivity contribution in [1.29, 1.82) is 0 Å². The number of aliphatic hydroxyl groups is 1. The van der Waals surface area contributed by atoms with Gasteiger partial charge in [-0.25, -0.2) is 0 Å². The molecule has 1 aliphatic heterocycles. The summed E-state index contributed by atoms with van der Waals surface area (Å²) in [5.74, 6) is -0.806. The minimum absolute atomic E-state index is 0.0603. The van der Waals surface area contributed by atoms with E-state index in [2.05, 4.69) is 0 Å². The Labute approximate surface area is 208 Å². The van der Waals surface area contributed by atoms with Crippen LogP contribution in [0, 0.1) is 6.92 Å². The summed E-state index contributed by atoms with van der Waals surface area (Å²) in [4.78, 5) is 28.2. The third-order valence-electron chi connectivity index (χ3n) is 5.94. The molecule has 0 radical (unpaired) electrons. The van der Waals surface area contributed by atoms with Crippen molar-refractivity contribution in [3.63, 3.8) is 0 Å². The van der Waals surface area contributed by atoms with Crippen molar-refractivity contribution in [3.05, 3.63) is 87.9 Å². The molecule has 0 spiro atoms. The van der Waals surface area contributed by atoms with Crippen LogP contribution in [0.2, 0.25) is 5.02 Å². The molecule has 1 N–H and O–H groups in total. The van der Waals surface area contributed by atoms with Gasteiger partial charge in [-0.3, -0.25) is 14.5 Å². The summed E-state index contributed by atoms with van der Waals surface area (Å²) in [6, 6.07) is 16.0. The van der Waals surface area contributed by atoms with Crippen molar-refractivity contribution in [2.24, 2.45) is 0 Å². The fourth-order valence-corrected chi connectivity index (χ4v) is 4.38. The number of aryl methyl sites for hydroxylation is 1. The number of hydrogen-bond donors (Lipinski definition) is 1. The first-order valence-corrected chi connectivity index (χ1v) is 11.1. The first-order chi connectivity index (χ1) is 16.8. The average molecular weight is 494 g/mol. The van der Waals surface area contributed by atoms with Gasteiger partial charge >= 0.3 is 0 Å². The lowest BCUT2D eigenvalue weighted by Crippen LogP contribution is -2.30. The number of nitrogens with zero attached hydrogens (tertiary/aromatic N) is 1. The molecule has 35 heavy (non-hydrogen) atoms. The van der Waals surface area contributed by atoms with Crippen LogP contribution in [0.1, 0.15) is 22.7 Å². The Hall–Kier alpha value is -3.97. The van der Waals surface area contributed by atoms with Crippen LogP contribution < -0.4 is 19.1 Å². The molecular weight excluding hydrogens is 470 g/mol. The van der Waals surface area contributed by atoms with Crippen molar-refractivity contribution in [3.8, 4) is 17.2 Å². The van der Waals surface area contributed by atoms with Gasteiger partial charge in [-0.15, -0.1) is 0 Å². The van der Waals surface area contributed by atoms with Gasteiger partial charge in [0.2, 0.25) is 5.75 Å². The van der Waals surface area contributed by atoms with Crippen LogP contribution in [0.5, 0.6) is 17.2 Å². The van der Waals surface area contributed by atoms with E-state index in [9.17, 15) is 14.7 Å². The predicted octanol–water partition coefficient (Wildman–Crippen LogP) is 5.30. The highest BCUT2D eigenvalue weighted by atomic mass is 35.5. The Morgan fingerprint density at radius 2 is 1.51 bits per heavy atom. The molecule has 1 atom stereocenters. The van der Waals surface area contributed by atoms with Gasteiger partial charge < -0.3 is 19.3 Å². The first kappa shape index (κ1) is 24.2. The van der Waals surface area contributed by atoms with E-state index in [4.69, 9.17) is 25.8 Å². The third kappa shape index (κ3) is 4.19. The second-order valence-electron chi connectivity index (χ2n) is 7.92. The van der Waals surface area contributed by atoms with E-state index in [0.29, 0.717) is 39.1 Å². The van der Waals surface area contributed by atoms with Gasteiger partial charge in [-0.05, 0) is 60.5 Å². The van der Waals surface area contributed by atoms with Gasteiger partial charge in [-0.1, -0.05) is 29.8 Å². The number of carbonyl (C=O) groups is 2. The van der Waals surface area contributed by atoms with E-state index < -0.39 is 17.7 Å². The van der Waals surface area contributed by atoms with E-state index in [-0.39, 0.29) is 11.3 Å². The third-order valence-corrected chi connectivity index (χ3v) is 6.19. The molecule has 180 valence electrons. The van der Waals surface area contributed by atoms with Crippen LogP contribution in [-0.2, 0) is 9.59 Å². The molecule has 0 bridgehead atoms. The molecule has 1 saturated heterocycles. The number of rotatable bonds is 6. The Morgan fingerprint density at radius 1 is 0.914 bits per heavy atom. The van der Waals surface area contributed by atoms with Crippen LogP contribution in [0.15, 0.2) is 66.2 Å². The zero-order valence-corrected chi connectivity index (χ0v) is 20.4. The van der Waals surface area contributed by atoms with Gasteiger partial charge in [0.25, 0.3) is 11.7 Å². The number of ether oxygens (including phenoxy) is 3. The van der Waals surface area contributed by atoms with Gasteiger partial charge in [0.1, 0.15) is 5.76 Å². The molecule has 1 unspecified atom stereocenters. The molecule has 3 aromatic rings. The smallest absolute Gasteiger partial charge is 0.300 e. The largest absolute Gasteiger partial charge is 0.507 e. The van der Waals surface area contributed by atoms with Crippen molar-refractivity contribution < 1.29 is 28.9 Å². The highest BCUT2D eigenvalue weighted by molar-refractivity contribution is 6.51. The number of anilines is 1. The second kappa shape index (κ2) is 9.72. The predicted molar refractivity (Wildman–Crippen MR) is 134 cm³/mol. The zero-order valence-electron chi connectivity index (χ0n) is 19.7. The monoisotopic (exact) mass is 493 g/mol. The lowest BCUT2D eigenvalue weighted by molar-refractivity contribution is -0.132. The van der Waals surface area contributed by atoms with E-state index in [0.717, 1.165) is 5.56 Å². The quantitative estimate of drug-likeness (QED) is 0.285. The lowest BCUT2D eigenvalue weighted by atomic mass is 9.94. The van der Waals surface area contributed by atoms with Crippen molar-refractivity contribution in [2.45, 2.75) is 13.0 Å². The molecular formula is C27H24ClNO6. The molecule has 7 nitrogen and oxygen atoms in total. The van der Waals surface area contributed by atoms with Gasteiger partial charge in [-0.2, -0.15) is 0 Å². The topological polar surface area (TPSA) is 85.3 Å². The fourth-order valence-electron chi connectivity index (χ4n) is 4.25. The summed E-state index contributed by atoms with van der Waals surface area (Å²) in [5, 5.41) is 11.7. The standard InChI is InChI=1S/C27H24ClNO6/c1-15-7-5-6-8-19(15)29-23(17-13-20(33-2)26(35-4)21(14-17)34-3)22(25(31)27(29)32)24(30)16-9-11-18(28)12-10-16/h5-14,23,30H,1-4H3/b24-22+. The highest BCUT2D eigenvalue weighted by Gasteiger charge is 2.47. The molecule has 0 saturated carbocycles. The average Bonchev–Trinajstić information content (AvgIpc) is 3.13. The maximum atomic E-state index is 13.4. The van der Waals surface area contributed by atoms with Crippen LogP contribution in [-0.4, -0.2) is 38.1 Å². The second-order valence-corrected chi connectivity index (χ2v) is 8.36. The molecule has 1 heterocycles. The number of halogens is 1. The van der Waals surface area contributed by atoms with Crippen molar-refractivity contribution in [1.82, 2.24) is 0 Å². The Balaban J connectivity index is 2.03. The molecule has 8 heteroatoms. The Bertz CT molecular complexity index is 1310. The molecule has 1 aliphatic rings. The summed E-state index contributed by atoms with van der Waals surface area (Å²) >= 11 is 6.00. The number of Topliss-reactive ketones (excluding diaryl/α,β-unsaturated/α-hetero) is 1.